The maximum Gasteiger partial charge on any atom is 0.0894 e. The van der Waals surface area contributed by atoms with E-state index in [9.17, 15) is 0 Å². The van der Waals surface area contributed by atoms with Crippen molar-refractivity contribution in [3.05, 3.63) is 70.5 Å². The molecule has 1 N–H and O–H groups in total. The molecule has 6 heteroatoms. The maximum absolute atomic E-state index is 6.01. The van der Waals surface area contributed by atoms with Crippen LogP contribution in [0.4, 0.5) is 5.69 Å². The Morgan fingerprint density at radius 1 is 1.05 bits per heavy atom. The highest BCUT2D eigenvalue weighted by molar-refractivity contribution is 6.34. The molecule has 0 radical (unpaired) electrons. The van der Waals surface area contributed by atoms with Crippen LogP contribution >= 0.6 is 23.2 Å². The molecule has 0 aliphatic carbocycles. The van der Waals surface area contributed by atoms with Gasteiger partial charge in [-0.2, -0.15) is 0 Å². The lowest BCUT2D eigenvalue weighted by Gasteiger charge is -2.12. The first kappa shape index (κ1) is 13.9. The number of nitrogens with zero attached hydrogens (tertiary/aromatic N) is 3. The molecule has 21 heavy (non-hydrogen) atoms. The van der Waals surface area contributed by atoms with Crippen molar-refractivity contribution in [2.24, 2.45) is 0 Å². The molecular formula is C15H12Cl2N4. The summed E-state index contributed by atoms with van der Waals surface area (Å²) < 4.78 is 1.72. The SMILES string of the molecule is Clc1cc(Cl)cc(CNc2ccccc2-n2ccnn2)c1. The second-order valence-electron chi connectivity index (χ2n) is 4.50. The van der Waals surface area contributed by atoms with Gasteiger partial charge in [-0.15, -0.1) is 5.10 Å². The average molecular weight is 319 g/mol. The summed E-state index contributed by atoms with van der Waals surface area (Å²) in [5, 5.41) is 12.5. The zero-order valence-corrected chi connectivity index (χ0v) is 12.5. The number of hydrogen-bond donors (Lipinski definition) is 1. The molecule has 0 amide bonds. The summed E-state index contributed by atoms with van der Waals surface area (Å²) >= 11 is 12.0. The number of nitrogens with one attached hydrogen (secondary N) is 1. The van der Waals surface area contributed by atoms with Gasteiger partial charge in [0.2, 0.25) is 0 Å². The van der Waals surface area contributed by atoms with Gasteiger partial charge < -0.3 is 5.32 Å². The van der Waals surface area contributed by atoms with Gasteiger partial charge in [-0.05, 0) is 35.9 Å². The Kier molecular flexibility index (Phi) is 4.08. The molecule has 4 nitrogen and oxygen atoms in total. The van der Waals surface area contributed by atoms with Gasteiger partial charge in [0.05, 0.1) is 23.8 Å². The molecule has 3 rings (SSSR count). The zero-order chi connectivity index (χ0) is 14.7. The highest BCUT2D eigenvalue weighted by atomic mass is 35.5. The van der Waals surface area contributed by atoms with Crippen LogP contribution in [-0.4, -0.2) is 15.0 Å². The predicted molar refractivity (Wildman–Crippen MR) is 85.1 cm³/mol. The highest BCUT2D eigenvalue weighted by Crippen LogP contribution is 2.22. The quantitative estimate of drug-likeness (QED) is 0.784. The second-order valence-corrected chi connectivity index (χ2v) is 5.37. The molecule has 0 saturated carbocycles. The topological polar surface area (TPSA) is 42.7 Å². The Hall–Kier alpha value is -2.04. The van der Waals surface area contributed by atoms with Crippen LogP contribution in [0.25, 0.3) is 5.69 Å². The van der Waals surface area contributed by atoms with Gasteiger partial charge >= 0.3 is 0 Å². The molecule has 0 spiro atoms. The summed E-state index contributed by atoms with van der Waals surface area (Å²) in [4.78, 5) is 0. The molecule has 0 unspecified atom stereocenters. The summed E-state index contributed by atoms with van der Waals surface area (Å²) in [6.07, 6.45) is 3.45. The Morgan fingerprint density at radius 3 is 2.52 bits per heavy atom. The molecule has 0 saturated heterocycles. The van der Waals surface area contributed by atoms with Crippen molar-refractivity contribution >= 4 is 28.9 Å². The van der Waals surface area contributed by atoms with Gasteiger partial charge in [0.15, 0.2) is 0 Å². The Balaban J connectivity index is 1.82. The number of anilines is 1. The molecule has 0 bridgehead atoms. The van der Waals surface area contributed by atoms with Crippen LogP contribution in [0.1, 0.15) is 5.56 Å². The zero-order valence-electron chi connectivity index (χ0n) is 11.0. The van der Waals surface area contributed by atoms with Crippen LogP contribution in [0.2, 0.25) is 10.0 Å². The van der Waals surface area contributed by atoms with E-state index in [-0.39, 0.29) is 0 Å². The van der Waals surface area contributed by atoms with Gasteiger partial charge in [0, 0.05) is 16.6 Å². The van der Waals surface area contributed by atoms with Crippen molar-refractivity contribution in [1.82, 2.24) is 15.0 Å². The van der Waals surface area contributed by atoms with E-state index < -0.39 is 0 Å². The molecule has 106 valence electrons. The predicted octanol–water partition coefficient (Wildman–Crippen LogP) is 4.19. The summed E-state index contributed by atoms with van der Waals surface area (Å²) in [6, 6.07) is 13.4. The van der Waals surface area contributed by atoms with Crippen LogP contribution in [0.3, 0.4) is 0 Å². The molecule has 0 aliphatic heterocycles. The minimum atomic E-state index is 0.617. The number of hydrogen-bond acceptors (Lipinski definition) is 3. The normalized spacial score (nSPS) is 10.6. The van der Waals surface area contributed by atoms with Crippen molar-refractivity contribution in [3.63, 3.8) is 0 Å². The smallest absolute Gasteiger partial charge is 0.0894 e. The van der Waals surface area contributed by atoms with Crippen LogP contribution in [0.15, 0.2) is 54.9 Å². The molecule has 3 aromatic rings. The Morgan fingerprint density at radius 2 is 1.81 bits per heavy atom. The number of halogens is 2. The van der Waals surface area contributed by atoms with E-state index in [2.05, 4.69) is 15.6 Å². The molecule has 1 heterocycles. The van der Waals surface area contributed by atoms with E-state index in [0.717, 1.165) is 16.9 Å². The first-order valence-electron chi connectivity index (χ1n) is 6.37. The van der Waals surface area contributed by atoms with Gasteiger partial charge in [-0.25, -0.2) is 4.68 Å². The monoisotopic (exact) mass is 318 g/mol. The van der Waals surface area contributed by atoms with Gasteiger partial charge in [-0.1, -0.05) is 40.5 Å². The maximum atomic E-state index is 6.01. The van der Waals surface area contributed by atoms with Crippen molar-refractivity contribution in [1.29, 1.82) is 0 Å². The van der Waals surface area contributed by atoms with Crippen molar-refractivity contribution < 1.29 is 0 Å². The highest BCUT2D eigenvalue weighted by Gasteiger charge is 2.05. The van der Waals surface area contributed by atoms with E-state index in [1.807, 2.05) is 36.4 Å². The number of aromatic nitrogens is 3. The van der Waals surface area contributed by atoms with E-state index in [4.69, 9.17) is 23.2 Å². The number of rotatable bonds is 4. The molecular weight excluding hydrogens is 307 g/mol. The minimum absolute atomic E-state index is 0.617. The van der Waals surface area contributed by atoms with Crippen molar-refractivity contribution in [3.8, 4) is 5.69 Å². The Bertz CT molecular complexity index is 721. The summed E-state index contributed by atoms with van der Waals surface area (Å²) in [6.45, 7) is 0.617. The molecule has 1 aromatic heterocycles. The minimum Gasteiger partial charge on any atom is -0.379 e. The number of benzene rings is 2. The van der Waals surface area contributed by atoms with Crippen LogP contribution < -0.4 is 5.32 Å². The van der Waals surface area contributed by atoms with Crippen molar-refractivity contribution in [2.75, 3.05) is 5.32 Å². The first-order chi connectivity index (χ1) is 10.2. The van der Waals surface area contributed by atoms with E-state index in [1.54, 1.807) is 23.1 Å². The fourth-order valence-corrected chi connectivity index (χ4v) is 2.64. The van der Waals surface area contributed by atoms with Crippen LogP contribution in [0.5, 0.6) is 0 Å². The fourth-order valence-electron chi connectivity index (χ4n) is 2.07. The largest absolute Gasteiger partial charge is 0.379 e. The average Bonchev–Trinajstić information content (AvgIpc) is 2.98. The third-order valence-corrected chi connectivity index (χ3v) is 3.42. The first-order valence-corrected chi connectivity index (χ1v) is 7.12. The van der Waals surface area contributed by atoms with E-state index in [1.165, 1.54) is 0 Å². The lowest BCUT2D eigenvalue weighted by atomic mass is 10.2. The number of para-hydroxylation sites is 2. The molecule has 0 aliphatic rings. The lowest BCUT2D eigenvalue weighted by molar-refractivity contribution is 0.803. The molecule has 2 aromatic carbocycles. The van der Waals surface area contributed by atoms with Gasteiger partial charge in [0.25, 0.3) is 0 Å². The van der Waals surface area contributed by atoms with Crippen LogP contribution in [-0.2, 0) is 6.54 Å². The van der Waals surface area contributed by atoms with Crippen LogP contribution in [0, 0.1) is 0 Å². The summed E-state index contributed by atoms with van der Waals surface area (Å²) in [5.41, 5.74) is 2.91. The third-order valence-electron chi connectivity index (χ3n) is 2.98. The Labute approximate surface area is 132 Å². The van der Waals surface area contributed by atoms with Gasteiger partial charge in [0.1, 0.15) is 0 Å². The lowest BCUT2D eigenvalue weighted by Crippen LogP contribution is -2.05. The molecule has 0 atom stereocenters. The van der Waals surface area contributed by atoms with Gasteiger partial charge in [-0.3, -0.25) is 0 Å². The summed E-state index contributed by atoms with van der Waals surface area (Å²) in [7, 11) is 0. The summed E-state index contributed by atoms with van der Waals surface area (Å²) in [5.74, 6) is 0. The molecule has 0 fully saturated rings. The van der Waals surface area contributed by atoms with E-state index in [0.29, 0.717) is 16.6 Å². The van der Waals surface area contributed by atoms with E-state index >= 15 is 0 Å². The fraction of sp³-hybridized carbons (Fsp3) is 0.0667. The second kappa shape index (κ2) is 6.16. The third kappa shape index (κ3) is 3.35. The standard InChI is InChI=1S/C15H12Cl2N4/c16-12-7-11(8-13(17)9-12)10-18-14-3-1-2-4-15(14)21-6-5-19-20-21/h1-9,18H,10H2. The van der Waals surface area contributed by atoms with Crippen molar-refractivity contribution in [2.45, 2.75) is 6.54 Å².